The Balaban J connectivity index is 1.85. The average Bonchev–Trinajstić information content (AvgIpc) is 3.01. The first-order valence-corrected chi connectivity index (χ1v) is 9.91. The number of hydrogen-bond acceptors (Lipinski definition) is 5. The van der Waals surface area contributed by atoms with Crippen molar-refractivity contribution in [2.45, 2.75) is 6.92 Å². The summed E-state index contributed by atoms with van der Waals surface area (Å²) < 4.78 is 11.6. The summed E-state index contributed by atoms with van der Waals surface area (Å²) in [5.41, 5.74) is 2.72. The number of amidine groups is 1. The maximum absolute atomic E-state index is 12.3. The van der Waals surface area contributed by atoms with E-state index in [1.165, 1.54) is 11.8 Å². The number of aliphatic imine (C=N–C) groups is 1. The van der Waals surface area contributed by atoms with Crippen molar-refractivity contribution in [1.82, 2.24) is 5.32 Å². The summed E-state index contributed by atoms with van der Waals surface area (Å²) in [7, 11) is 1.55. The first kappa shape index (κ1) is 20.1. The van der Waals surface area contributed by atoms with Gasteiger partial charge in [-0.15, -0.1) is 6.42 Å². The second-order valence-electron chi connectivity index (χ2n) is 5.84. The average molecular weight is 457 g/mol. The van der Waals surface area contributed by atoms with Crippen LogP contribution >= 0.6 is 27.7 Å². The van der Waals surface area contributed by atoms with E-state index >= 15 is 0 Å². The predicted octanol–water partition coefficient (Wildman–Crippen LogP) is 4.67. The lowest BCUT2D eigenvalue weighted by Crippen LogP contribution is -2.19. The molecule has 1 saturated heterocycles. The smallest absolute Gasteiger partial charge is 0.264 e. The molecule has 0 saturated carbocycles. The van der Waals surface area contributed by atoms with E-state index in [0.29, 0.717) is 26.0 Å². The molecule has 0 aromatic heterocycles. The van der Waals surface area contributed by atoms with E-state index in [1.54, 1.807) is 19.3 Å². The number of rotatable bonds is 5. The maximum atomic E-state index is 12.3. The zero-order chi connectivity index (χ0) is 20.1. The number of methoxy groups -OCH3 is 1. The van der Waals surface area contributed by atoms with Gasteiger partial charge in [-0.3, -0.25) is 4.79 Å². The summed E-state index contributed by atoms with van der Waals surface area (Å²) in [6.45, 7) is 2.14. The zero-order valence-electron chi connectivity index (χ0n) is 15.3. The van der Waals surface area contributed by atoms with Crippen LogP contribution in [0.4, 0.5) is 5.69 Å². The number of terminal acetylenes is 1. The maximum Gasteiger partial charge on any atom is 0.264 e. The highest BCUT2D eigenvalue weighted by molar-refractivity contribution is 9.10. The van der Waals surface area contributed by atoms with Crippen molar-refractivity contribution in [3.63, 3.8) is 0 Å². The molecule has 7 heteroatoms. The van der Waals surface area contributed by atoms with Crippen molar-refractivity contribution in [2.24, 2.45) is 4.99 Å². The molecular formula is C21H17BrN2O3S. The lowest BCUT2D eigenvalue weighted by Gasteiger charge is -2.12. The molecule has 0 unspecified atom stereocenters. The van der Waals surface area contributed by atoms with Crippen LogP contribution in [0, 0.1) is 19.3 Å². The topological polar surface area (TPSA) is 59.9 Å². The molecule has 3 rings (SSSR count). The van der Waals surface area contributed by atoms with Gasteiger partial charge in [0, 0.05) is 0 Å². The van der Waals surface area contributed by atoms with E-state index in [2.05, 4.69) is 32.2 Å². The van der Waals surface area contributed by atoms with Crippen LogP contribution in [0.1, 0.15) is 11.1 Å². The Hall–Kier alpha value is -2.69. The van der Waals surface area contributed by atoms with E-state index in [9.17, 15) is 4.79 Å². The molecular weight excluding hydrogens is 440 g/mol. The number of carbonyl (C=O) groups excluding carboxylic acids is 1. The Morgan fingerprint density at radius 3 is 2.75 bits per heavy atom. The molecule has 0 spiro atoms. The molecule has 2 aromatic carbocycles. The molecule has 5 nitrogen and oxygen atoms in total. The number of nitrogens with zero attached hydrogens (tertiary/aromatic N) is 1. The van der Waals surface area contributed by atoms with Gasteiger partial charge >= 0.3 is 0 Å². The van der Waals surface area contributed by atoms with Crippen molar-refractivity contribution in [3.05, 3.63) is 56.9 Å². The van der Waals surface area contributed by atoms with Gasteiger partial charge in [-0.05, 0) is 70.5 Å². The normalized spacial score (nSPS) is 16.1. The number of halogens is 1. The third-order valence-electron chi connectivity index (χ3n) is 3.76. The molecule has 0 radical (unpaired) electrons. The van der Waals surface area contributed by atoms with Crippen LogP contribution in [0.5, 0.6) is 11.5 Å². The molecule has 1 heterocycles. The molecule has 2 aromatic rings. The first-order chi connectivity index (χ1) is 13.5. The van der Waals surface area contributed by atoms with Crippen molar-refractivity contribution >= 4 is 50.5 Å². The fraction of sp³-hybridized carbons (Fsp3) is 0.143. The third-order valence-corrected chi connectivity index (χ3v) is 5.26. The van der Waals surface area contributed by atoms with E-state index < -0.39 is 0 Å². The number of nitrogens with one attached hydrogen (secondary N) is 1. The predicted molar refractivity (Wildman–Crippen MR) is 117 cm³/mol. The van der Waals surface area contributed by atoms with Crippen molar-refractivity contribution in [3.8, 4) is 23.8 Å². The number of amides is 1. The van der Waals surface area contributed by atoms with Gasteiger partial charge in [-0.25, -0.2) is 4.99 Å². The number of thioether (sulfide) groups is 1. The Morgan fingerprint density at radius 2 is 2.07 bits per heavy atom. The van der Waals surface area contributed by atoms with E-state index in [4.69, 9.17) is 15.9 Å². The molecule has 1 aliphatic rings. The molecule has 1 N–H and O–H groups in total. The summed E-state index contributed by atoms with van der Waals surface area (Å²) in [6.07, 6.45) is 7.02. The zero-order valence-corrected chi connectivity index (χ0v) is 17.7. The van der Waals surface area contributed by atoms with Crippen molar-refractivity contribution < 1.29 is 14.3 Å². The molecule has 28 heavy (non-hydrogen) atoms. The summed E-state index contributed by atoms with van der Waals surface area (Å²) >= 11 is 4.75. The minimum absolute atomic E-state index is 0.131. The quantitative estimate of drug-likeness (QED) is 0.524. The molecule has 0 bridgehead atoms. The van der Waals surface area contributed by atoms with Gasteiger partial charge in [-0.2, -0.15) is 0 Å². The summed E-state index contributed by atoms with van der Waals surface area (Å²) in [5.74, 6) is 3.27. The van der Waals surface area contributed by atoms with Crippen LogP contribution in [-0.4, -0.2) is 24.8 Å². The Kier molecular flexibility index (Phi) is 6.45. The van der Waals surface area contributed by atoms with Crippen LogP contribution in [-0.2, 0) is 4.79 Å². The number of aryl methyl sites for hydroxylation is 1. The largest absolute Gasteiger partial charge is 0.493 e. The number of benzene rings is 2. The Labute approximate surface area is 176 Å². The minimum Gasteiger partial charge on any atom is -0.493 e. The number of carbonyl (C=O) groups is 1. The first-order valence-electron chi connectivity index (χ1n) is 8.30. The lowest BCUT2D eigenvalue weighted by molar-refractivity contribution is -0.115. The monoisotopic (exact) mass is 456 g/mol. The Morgan fingerprint density at radius 1 is 1.32 bits per heavy atom. The van der Waals surface area contributed by atoms with Gasteiger partial charge in [0.15, 0.2) is 16.7 Å². The van der Waals surface area contributed by atoms with Gasteiger partial charge in [0.05, 0.1) is 22.2 Å². The Bertz CT molecular complexity index is 1010. The van der Waals surface area contributed by atoms with Gasteiger partial charge in [0.25, 0.3) is 5.91 Å². The summed E-state index contributed by atoms with van der Waals surface area (Å²) in [5, 5.41) is 3.33. The van der Waals surface area contributed by atoms with Gasteiger partial charge in [0.2, 0.25) is 0 Å². The summed E-state index contributed by atoms with van der Waals surface area (Å²) in [4.78, 5) is 17.3. The third kappa shape index (κ3) is 4.77. The van der Waals surface area contributed by atoms with Gasteiger partial charge in [-0.1, -0.05) is 23.6 Å². The van der Waals surface area contributed by atoms with Crippen molar-refractivity contribution in [2.75, 3.05) is 13.7 Å². The molecule has 1 amide bonds. The van der Waals surface area contributed by atoms with Crippen LogP contribution in [0.3, 0.4) is 0 Å². The van der Waals surface area contributed by atoms with E-state index in [-0.39, 0.29) is 12.5 Å². The SMILES string of the molecule is C#CCOc1c(Br)cc(/C=C2\SC(=Nc3ccc(C)cc3)NC2=O)cc1OC. The summed E-state index contributed by atoms with van der Waals surface area (Å²) in [6, 6.07) is 11.4. The van der Waals surface area contributed by atoms with Crippen LogP contribution in [0.15, 0.2) is 50.8 Å². The second kappa shape index (κ2) is 9.00. The fourth-order valence-corrected chi connectivity index (χ4v) is 3.86. The van der Waals surface area contributed by atoms with Crippen LogP contribution in [0.2, 0.25) is 0 Å². The second-order valence-corrected chi connectivity index (χ2v) is 7.73. The number of hydrogen-bond donors (Lipinski definition) is 1. The van der Waals surface area contributed by atoms with Crippen LogP contribution in [0.25, 0.3) is 6.08 Å². The molecule has 1 aliphatic heterocycles. The number of ether oxygens (including phenoxy) is 2. The van der Waals surface area contributed by atoms with E-state index in [0.717, 1.165) is 16.8 Å². The van der Waals surface area contributed by atoms with Crippen molar-refractivity contribution in [1.29, 1.82) is 0 Å². The minimum atomic E-state index is -0.196. The standard InChI is InChI=1S/C21H17BrN2O3S/c1-4-9-27-19-16(22)10-14(11-17(19)26-3)12-18-20(25)24-21(28-18)23-15-7-5-13(2)6-8-15/h1,5-8,10-12H,9H2,2-3H3,(H,23,24,25)/b18-12-. The fourth-order valence-electron chi connectivity index (χ4n) is 2.45. The highest BCUT2D eigenvalue weighted by atomic mass is 79.9. The van der Waals surface area contributed by atoms with E-state index in [1.807, 2.05) is 37.3 Å². The van der Waals surface area contributed by atoms with Gasteiger partial charge < -0.3 is 14.8 Å². The molecule has 0 aliphatic carbocycles. The lowest BCUT2D eigenvalue weighted by atomic mass is 10.2. The molecule has 142 valence electrons. The van der Waals surface area contributed by atoms with Gasteiger partial charge in [0.1, 0.15) is 6.61 Å². The highest BCUT2D eigenvalue weighted by Gasteiger charge is 2.24. The van der Waals surface area contributed by atoms with Crippen LogP contribution < -0.4 is 14.8 Å². The molecule has 1 fully saturated rings. The highest BCUT2D eigenvalue weighted by Crippen LogP contribution is 2.38. The molecule has 0 atom stereocenters.